The van der Waals surface area contributed by atoms with Gasteiger partial charge in [0.2, 0.25) is 5.91 Å². The lowest BCUT2D eigenvalue weighted by atomic mass is 9.84. The van der Waals surface area contributed by atoms with Gasteiger partial charge in [-0.25, -0.2) is 9.97 Å². The van der Waals surface area contributed by atoms with Gasteiger partial charge < -0.3 is 9.64 Å². The summed E-state index contributed by atoms with van der Waals surface area (Å²) in [6.07, 6.45) is 6.00. The van der Waals surface area contributed by atoms with Crippen LogP contribution in [0, 0.1) is 6.92 Å². The van der Waals surface area contributed by atoms with Crippen molar-refractivity contribution in [2.24, 2.45) is 0 Å². The average molecular weight is 416 g/mol. The maximum Gasteiger partial charge on any atom is 0.232 e. The number of nitrogens with zero attached hydrogens (tertiary/aromatic N) is 4. The Morgan fingerprint density at radius 2 is 2.25 bits per heavy atom. The van der Waals surface area contributed by atoms with Crippen LogP contribution in [0.4, 0.5) is 0 Å². The van der Waals surface area contributed by atoms with Gasteiger partial charge in [0.25, 0.3) is 0 Å². The van der Waals surface area contributed by atoms with E-state index in [1.165, 1.54) is 22.2 Å². The van der Waals surface area contributed by atoms with E-state index in [0.717, 1.165) is 46.8 Å². The SMILES string of the molecule is Cc1cc2c(SCC(=O)N3CCC4(CC3)OCCc3cn[nH]c34)ncnc2s1. The molecule has 1 fully saturated rings. The van der Waals surface area contributed by atoms with Gasteiger partial charge in [-0.3, -0.25) is 9.89 Å². The number of fused-ring (bicyclic) bond motifs is 3. The first kappa shape index (κ1) is 18.1. The number of nitrogens with one attached hydrogen (secondary N) is 1. The van der Waals surface area contributed by atoms with E-state index in [1.807, 2.05) is 11.1 Å². The number of hydrogen-bond donors (Lipinski definition) is 1. The zero-order valence-electron chi connectivity index (χ0n) is 15.6. The van der Waals surface area contributed by atoms with Gasteiger partial charge in [-0.05, 0) is 37.8 Å². The molecule has 2 aliphatic heterocycles. The van der Waals surface area contributed by atoms with Crippen LogP contribution in [0.3, 0.4) is 0 Å². The van der Waals surface area contributed by atoms with Crippen molar-refractivity contribution in [3.8, 4) is 0 Å². The molecule has 3 aromatic heterocycles. The van der Waals surface area contributed by atoms with E-state index in [4.69, 9.17) is 4.74 Å². The van der Waals surface area contributed by atoms with Crippen molar-refractivity contribution in [3.63, 3.8) is 0 Å². The monoisotopic (exact) mass is 415 g/mol. The Bertz CT molecular complexity index is 1020. The summed E-state index contributed by atoms with van der Waals surface area (Å²) in [6.45, 7) is 4.19. The number of likely N-dealkylation sites (tertiary alicyclic amines) is 1. The number of H-pyrrole nitrogens is 1. The summed E-state index contributed by atoms with van der Waals surface area (Å²) in [5.74, 6) is 0.545. The van der Waals surface area contributed by atoms with Crippen LogP contribution in [0.15, 0.2) is 23.6 Å². The highest BCUT2D eigenvalue weighted by atomic mass is 32.2. The molecule has 1 N–H and O–H groups in total. The molecule has 28 heavy (non-hydrogen) atoms. The number of thioether (sulfide) groups is 1. The number of aryl methyl sites for hydroxylation is 1. The first-order valence-electron chi connectivity index (χ1n) is 9.43. The molecule has 2 aliphatic rings. The summed E-state index contributed by atoms with van der Waals surface area (Å²) in [6, 6.07) is 2.10. The normalized spacial score (nSPS) is 18.5. The number of amides is 1. The Hall–Kier alpha value is -1.97. The molecule has 146 valence electrons. The second-order valence-corrected chi connectivity index (χ2v) is 9.49. The van der Waals surface area contributed by atoms with Crippen molar-refractivity contribution in [2.45, 2.75) is 36.8 Å². The quantitative estimate of drug-likeness (QED) is 0.523. The third-order valence-electron chi connectivity index (χ3n) is 5.60. The fourth-order valence-corrected chi connectivity index (χ4v) is 5.91. The van der Waals surface area contributed by atoms with Crippen LogP contribution >= 0.6 is 23.1 Å². The molecule has 1 amide bonds. The molecule has 3 aromatic rings. The topological polar surface area (TPSA) is 84.0 Å². The predicted molar refractivity (Wildman–Crippen MR) is 109 cm³/mol. The van der Waals surface area contributed by atoms with E-state index in [2.05, 4.69) is 33.2 Å². The summed E-state index contributed by atoms with van der Waals surface area (Å²) in [5, 5.41) is 9.26. The number of hydrogen-bond acceptors (Lipinski definition) is 7. The molecule has 5 heterocycles. The van der Waals surface area contributed by atoms with Gasteiger partial charge in [0.15, 0.2) is 0 Å². The van der Waals surface area contributed by atoms with Crippen molar-refractivity contribution in [2.75, 3.05) is 25.4 Å². The van der Waals surface area contributed by atoms with Crippen molar-refractivity contribution in [1.29, 1.82) is 0 Å². The third kappa shape index (κ3) is 3.11. The van der Waals surface area contributed by atoms with Crippen molar-refractivity contribution in [1.82, 2.24) is 25.1 Å². The number of thiophene rings is 1. The Labute approximate surface area is 170 Å². The summed E-state index contributed by atoms with van der Waals surface area (Å²) in [4.78, 5) is 25.6. The van der Waals surface area contributed by atoms with Gasteiger partial charge in [0.05, 0.1) is 24.3 Å². The summed E-state index contributed by atoms with van der Waals surface area (Å²) in [5.41, 5.74) is 2.05. The minimum atomic E-state index is -0.305. The van der Waals surface area contributed by atoms with E-state index in [1.54, 1.807) is 17.7 Å². The summed E-state index contributed by atoms with van der Waals surface area (Å²) < 4.78 is 6.17. The lowest BCUT2D eigenvalue weighted by molar-refractivity contribution is -0.138. The van der Waals surface area contributed by atoms with Crippen LogP contribution < -0.4 is 0 Å². The van der Waals surface area contributed by atoms with Gasteiger partial charge in [0, 0.05) is 23.4 Å². The van der Waals surface area contributed by atoms with Crippen LogP contribution in [-0.2, 0) is 21.6 Å². The molecular formula is C19H21N5O2S2. The number of aromatic nitrogens is 4. The van der Waals surface area contributed by atoms with Gasteiger partial charge in [-0.15, -0.1) is 11.3 Å². The standard InChI is InChI=1S/C19H21N5O2S2/c1-12-8-14-17(20-11-21-18(14)28-12)27-10-15(25)24-5-3-19(4-6-24)16-13(2-7-26-19)9-22-23-16/h8-9,11H,2-7,10H2,1H3,(H,22,23). The van der Waals surface area contributed by atoms with Crippen LogP contribution in [0.2, 0.25) is 0 Å². The van der Waals surface area contributed by atoms with Gasteiger partial charge >= 0.3 is 0 Å². The summed E-state index contributed by atoms with van der Waals surface area (Å²) >= 11 is 3.15. The second kappa shape index (κ2) is 7.13. The minimum Gasteiger partial charge on any atom is -0.368 e. The molecular weight excluding hydrogens is 394 g/mol. The molecule has 0 unspecified atom stereocenters. The third-order valence-corrected chi connectivity index (χ3v) is 7.54. The molecule has 7 nitrogen and oxygen atoms in total. The molecule has 1 saturated heterocycles. The summed E-state index contributed by atoms with van der Waals surface area (Å²) in [7, 11) is 0. The number of aromatic amines is 1. The highest BCUT2D eigenvalue weighted by Crippen LogP contribution is 2.40. The average Bonchev–Trinajstić information content (AvgIpc) is 3.33. The largest absolute Gasteiger partial charge is 0.368 e. The molecule has 0 atom stereocenters. The van der Waals surface area contributed by atoms with Crippen molar-refractivity contribution >= 4 is 39.2 Å². The number of ether oxygens (including phenoxy) is 1. The van der Waals surface area contributed by atoms with Crippen molar-refractivity contribution in [3.05, 3.63) is 34.7 Å². The van der Waals surface area contributed by atoms with E-state index < -0.39 is 0 Å². The van der Waals surface area contributed by atoms with Gasteiger partial charge in [0.1, 0.15) is 21.8 Å². The minimum absolute atomic E-state index is 0.152. The maximum absolute atomic E-state index is 12.8. The van der Waals surface area contributed by atoms with Crippen molar-refractivity contribution < 1.29 is 9.53 Å². The Balaban J connectivity index is 1.23. The Morgan fingerprint density at radius 3 is 3.11 bits per heavy atom. The predicted octanol–water partition coefficient (Wildman–Crippen LogP) is 2.91. The first-order chi connectivity index (χ1) is 13.6. The molecule has 0 aromatic carbocycles. The number of carbonyl (C=O) groups excluding carboxylic acids is 1. The molecule has 0 saturated carbocycles. The first-order valence-corrected chi connectivity index (χ1v) is 11.2. The van der Waals surface area contributed by atoms with Crippen LogP contribution in [0.1, 0.15) is 29.0 Å². The van der Waals surface area contributed by atoms with E-state index in [-0.39, 0.29) is 11.5 Å². The highest BCUT2D eigenvalue weighted by Gasteiger charge is 2.43. The zero-order chi connectivity index (χ0) is 19.1. The molecule has 0 aliphatic carbocycles. The Morgan fingerprint density at radius 1 is 1.39 bits per heavy atom. The molecule has 0 radical (unpaired) electrons. The zero-order valence-corrected chi connectivity index (χ0v) is 17.2. The van der Waals surface area contributed by atoms with Crippen LogP contribution in [-0.4, -0.2) is 56.4 Å². The fourth-order valence-electron chi connectivity index (χ4n) is 4.13. The number of rotatable bonds is 3. The smallest absolute Gasteiger partial charge is 0.232 e. The van der Waals surface area contributed by atoms with E-state index in [0.29, 0.717) is 18.8 Å². The molecule has 0 bridgehead atoms. The van der Waals surface area contributed by atoms with E-state index in [9.17, 15) is 4.79 Å². The molecule has 5 rings (SSSR count). The maximum atomic E-state index is 12.8. The van der Waals surface area contributed by atoms with Crippen LogP contribution in [0.25, 0.3) is 10.2 Å². The van der Waals surface area contributed by atoms with E-state index >= 15 is 0 Å². The Kier molecular flexibility index (Phi) is 4.60. The lowest BCUT2D eigenvalue weighted by Crippen LogP contribution is -2.48. The van der Waals surface area contributed by atoms with Gasteiger partial charge in [-0.2, -0.15) is 5.10 Å². The second-order valence-electron chi connectivity index (χ2n) is 7.29. The number of carbonyl (C=O) groups is 1. The van der Waals surface area contributed by atoms with Crippen LogP contribution in [0.5, 0.6) is 0 Å². The van der Waals surface area contributed by atoms with Gasteiger partial charge in [-0.1, -0.05) is 11.8 Å². The highest BCUT2D eigenvalue weighted by molar-refractivity contribution is 8.00. The molecule has 1 spiro atoms. The lowest BCUT2D eigenvalue weighted by Gasteiger charge is -2.43. The molecule has 9 heteroatoms. The number of piperidine rings is 1. The fraction of sp³-hybridized carbons (Fsp3) is 0.474.